The maximum absolute atomic E-state index is 13.0. The summed E-state index contributed by atoms with van der Waals surface area (Å²) in [5, 5.41) is 11.4. The summed E-state index contributed by atoms with van der Waals surface area (Å²) in [5.74, 6) is -1.01. The number of amides is 2. The molecule has 8 nitrogen and oxygen atoms in total. The Morgan fingerprint density at radius 2 is 1.62 bits per heavy atom. The molecule has 0 aliphatic carbocycles. The third-order valence-corrected chi connectivity index (χ3v) is 5.89. The summed E-state index contributed by atoms with van der Waals surface area (Å²) in [5.41, 5.74) is 0.959. The second-order valence-corrected chi connectivity index (χ2v) is 7.71. The number of hydrogen-bond donors (Lipinski definition) is 0. The van der Waals surface area contributed by atoms with Gasteiger partial charge in [-0.25, -0.2) is 4.90 Å². The van der Waals surface area contributed by atoms with Crippen LogP contribution in [0.3, 0.4) is 0 Å². The predicted molar refractivity (Wildman–Crippen MR) is 102 cm³/mol. The zero-order valence-corrected chi connectivity index (χ0v) is 15.6. The fourth-order valence-electron chi connectivity index (χ4n) is 4.57. The minimum Gasteiger partial charge on any atom is -0.457 e. The van der Waals surface area contributed by atoms with Gasteiger partial charge < -0.3 is 9.47 Å². The van der Waals surface area contributed by atoms with Gasteiger partial charge in [-0.2, -0.15) is 0 Å². The van der Waals surface area contributed by atoms with Gasteiger partial charge in [-0.15, -0.1) is 0 Å². The lowest BCUT2D eigenvalue weighted by Crippen LogP contribution is -2.34. The van der Waals surface area contributed by atoms with Crippen LogP contribution >= 0.6 is 0 Å². The van der Waals surface area contributed by atoms with E-state index in [2.05, 4.69) is 0 Å². The van der Waals surface area contributed by atoms with Gasteiger partial charge in [0.05, 0.1) is 40.7 Å². The van der Waals surface area contributed by atoms with Crippen molar-refractivity contribution in [2.75, 3.05) is 4.90 Å². The second-order valence-electron chi connectivity index (χ2n) is 7.71. The molecule has 2 aromatic carbocycles. The number of nitro benzene ring substituents is 1. The zero-order valence-electron chi connectivity index (χ0n) is 15.6. The molecule has 0 spiro atoms. The Bertz CT molecular complexity index is 1010. The first-order valence-electron chi connectivity index (χ1n) is 9.49. The molecule has 4 atom stereocenters. The summed E-state index contributed by atoms with van der Waals surface area (Å²) in [4.78, 5) is 37.9. The number of fused-ring (bicyclic) bond motifs is 5. The van der Waals surface area contributed by atoms with Crippen LogP contribution in [0.4, 0.5) is 11.4 Å². The molecule has 0 unspecified atom stereocenters. The number of aryl methyl sites for hydroxylation is 1. The van der Waals surface area contributed by atoms with Gasteiger partial charge in [-0.05, 0) is 31.9 Å². The highest BCUT2D eigenvalue weighted by Crippen LogP contribution is 2.50. The summed E-state index contributed by atoms with van der Waals surface area (Å²) < 4.78 is 11.5. The van der Waals surface area contributed by atoms with Crippen molar-refractivity contribution in [2.24, 2.45) is 11.8 Å². The lowest BCUT2D eigenvalue weighted by Gasteiger charge is -2.18. The number of non-ortho nitro benzene ring substituents is 1. The lowest BCUT2D eigenvalue weighted by atomic mass is 9.81. The van der Waals surface area contributed by atoms with Crippen molar-refractivity contribution in [1.82, 2.24) is 0 Å². The Morgan fingerprint density at radius 1 is 1.00 bits per heavy atom. The quantitative estimate of drug-likeness (QED) is 0.448. The average molecular weight is 394 g/mol. The number of ether oxygens (including phenoxy) is 2. The molecule has 2 aromatic rings. The number of benzene rings is 2. The van der Waals surface area contributed by atoms with E-state index in [4.69, 9.17) is 9.47 Å². The number of carbonyl (C=O) groups is 2. The van der Waals surface area contributed by atoms with Gasteiger partial charge >= 0.3 is 0 Å². The van der Waals surface area contributed by atoms with Gasteiger partial charge in [-0.1, -0.05) is 17.7 Å². The van der Waals surface area contributed by atoms with Gasteiger partial charge in [-0.3, -0.25) is 19.7 Å². The average Bonchev–Trinajstić information content (AvgIpc) is 3.37. The lowest BCUT2D eigenvalue weighted by molar-refractivity contribution is -0.384. The Hall–Kier alpha value is -3.26. The molecule has 0 N–H and O–H groups in total. The van der Waals surface area contributed by atoms with Crippen LogP contribution < -0.4 is 9.64 Å². The third-order valence-electron chi connectivity index (χ3n) is 5.89. The molecule has 2 bridgehead atoms. The van der Waals surface area contributed by atoms with Crippen molar-refractivity contribution in [3.05, 3.63) is 58.1 Å². The molecule has 0 aromatic heterocycles. The highest BCUT2D eigenvalue weighted by atomic mass is 16.6. The van der Waals surface area contributed by atoms with Gasteiger partial charge in [0.15, 0.2) is 0 Å². The Kier molecular flexibility index (Phi) is 3.92. The standard InChI is InChI=1S/C21H18N2O6/c1-11-2-4-14(5-3-11)28-15-9-12(8-13(10-15)23(26)27)22-20(24)18-16-6-7-17(29-16)19(18)21(22)25/h2-5,8-10,16-19H,6-7H2,1H3/t16-,17+,18-,19+. The Morgan fingerprint density at radius 3 is 2.21 bits per heavy atom. The molecule has 8 heteroatoms. The van der Waals surface area contributed by atoms with Gasteiger partial charge in [0, 0.05) is 12.1 Å². The summed E-state index contributed by atoms with van der Waals surface area (Å²) >= 11 is 0. The van der Waals surface area contributed by atoms with Crippen molar-refractivity contribution >= 4 is 23.2 Å². The molecule has 3 saturated heterocycles. The minimum absolute atomic E-state index is 0.158. The van der Waals surface area contributed by atoms with Crippen molar-refractivity contribution in [1.29, 1.82) is 0 Å². The Labute approximate surface area is 166 Å². The van der Waals surface area contributed by atoms with E-state index in [9.17, 15) is 19.7 Å². The second kappa shape index (κ2) is 6.38. The number of imide groups is 1. The summed E-state index contributed by atoms with van der Waals surface area (Å²) in [6, 6.07) is 11.2. The van der Waals surface area contributed by atoms with E-state index in [1.165, 1.54) is 18.2 Å². The van der Waals surface area contributed by atoms with Gasteiger partial charge in [0.25, 0.3) is 5.69 Å². The van der Waals surface area contributed by atoms with Crippen LogP contribution in [0.25, 0.3) is 0 Å². The van der Waals surface area contributed by atoms with Crippen LogP contribution in [0.15, 0.2) is 42.5 Å². The third kappa shape index (κ3) is 2.79. The number of nitrogens with zero attached hydrogens (tertiary/aromatic N) is 2. The molecule has 29 heavy (non-hydrogen) atoms. The van der Waals surface area contributed by atoms with Crippen molar-refractivity contribution in [2.45, 2.75) is 32.0 Å². The summed E-state index contributed by atoms with van der Waals surface area (Å²) in [7, 11) is 0. The number of hydrogen-bond acceptors (Lipinski definition) is 6. The normalized spacial score (nSPS) is 27.4. The first kappa shape index (κ1) is 17.8. The van der Waals surface area contributed by atoms with Crippen LogP contribution in [0, 0.1) is 28.9 Å². The molecule has 148 valence electrons. The van der Waals surface area contributed by atoms with E-state index in [0.717, 1.165) is 23.3 Å². The minimum atomic E-state index is -0.565. The highest BCUT2D eigenvalue weighted by Gasteiger charge is 2.62. The zero-order chi connectivity index (χ0) is 20.3. The first-order chi connectivity index (χ1) is 13.9. The van der Waals surface area contributed by atoms with Crippen LogP contribution in [0.5, 0.6) is 11.5 Å². The SMILES string of the molecule is Cc1ccc(Oc2cc(N3C(=O)[C@@H]4[C@H](C3=O)[C@H]3CC[C@@H]4O3)cc([N+](=O)[O-])c2)cc1. The summed E-state index contributed by atoms with van der Waals surface area (Å²) in [6.45, 7) is 1.94. The van der Waals surface area contributed by atoms with E-state index in [1.807, 2.05) is 19.1 Å². The molecular formula is C21H18N2O6. The highest BCUT2D eigenvalue weighted by molar-refractivity contribution is 6.23. The molecule has 0 radical (unpaired) electrons. The van der Waals surface area contributed by atoms with Crippen LogP contribution in [-0.2, 0) is 14.3 Å². The molecular weight excluding hydrogens is 376 g/mol. The number of rotatable bonds is 4. The monoisotopic (exact) mass is 394 g/mol. The number of anilines is 1. The predicted octanol–water partition coefficient (Wildman–Crippen LogP) is 3.36. The number of nitro groups is 1. The van der Waals surface area contributed by atoms with Crippen molar-refractivity contribution < 1.29 is 24.0 Å². The van der Waals surface area contributed by atoms with E-state index >= 15 is 0 Å². The maximum Gasteiger partial charge on any atom is 0.275 e. The van der Waals surface area contributed by atoms with Crippen molar-refractivity contribution in [3.8, 4) is 11.5 Å². The van der Waals surface area contributed by atoms with Crippen LogP contribution in [0.2, 0.25) is 0 Å². The number of carbonyl (C=O) groups excluding carboxylic acids is 2. The fourth-order valence-corrected chi connectivity index (χ4v) is 4.57. The molecule has 3 aliphatic rings. The molecule has 5 rings (SSSR count). The van der Waals surface area contributed by atoms with E-state index in [0.29, 0.717) is 5.75 Å². The van der Waals surface area contributed by atoms with Crippen molar-refractivity contribution in [3.63, 3.8) is 0 Å². The largest absolute Gasteiger partial charge is 0.457 e. The van der Waals surface area contributed by atoms with Gasteiger partial charge in [0.2, 0.25) is 11.8 Å². The molecule has 3 heterocycles. The maximum atomic E-state index is 13.0. The van der Waals surface area contributed by atoms with E-state index in [1.54, 1.807) is 12.1 Å². The smallest absolute Gasteiger partial charge is 0.275 e. The first-order valence-corrected chi connectivity index (χ1v) is 9.49. The molecule has 3 aliphatic heterocycles. The topological polar surface area (TPSA) is 99.0 Å². The van der Waals surface area contributed by atoms with E-state index < -0.39 is 16.8 Å². The van der Waals surface area contributed by atoms with Gasteiger partial charge in [0.1, 0.15) is 11.5 Å². The molecule has 2 amide bonds. The summed E-state index contributed by atoms with van der Waals surface area (Å²) in [6.07, 6.45) is 1.03. The Balaban J connectivity index is 1.52. The van der Waals surface area contributed by atoms with E-state index in [-0.39, 0.29) is 41.1 Å². The van der Waals surface area contributed by atoms with Crippen LogP contribution in [-0.4, -0.2) is 28.9 Å². The molecule has 3 fully saturated rings. The molecule has 0 saturated carbocycles. The fraction of sp³-hybridized carbons (Fsp3) is 0.333. The van der Waals surface area contributed by atoms with Crippen LogP contribution in [0.1, 0.15) is 18.4 Å².